The first-order valence-corrected chi connectivity index (χ1v) is 12.1. The Balaban J connectivity index is 1.74. The molecule has 0 saturated carbocycles. The van der Waals surface area contributed by atoms with E-state index in [4.69, 9.17) is 0 Å². The molecule has 0 aliphatic rings. The SMILES string of the molecule is CS(=O)(=O)Nc1cccc(-c2ccccc2)c1CCN(c1cccnc1)c1cccnc1. The fraction of sp³-hybridized carbons (Fsp3) is 0.120. The minimum Gasteiger partial charge on any atom is -0.339 e. The van der Waals surface area contributed by atoms with Gasteiger partial charge < -0.3 is 4.90 Å². The van der Waals surface area contributed by atoms with Crippen molar-refractivity contribution in [3.8, 4) is 11.1 Å². The van der Waals surface area contributed by atoms with Crippen molar-refractivity contribution < 1.29 is 8.42 Å². The molecule has 2 aromatic heterocycles. The smallest absolute Gasteiger partial charge is 0.229 e. The zero-order valence-corrected chi connectivity index (χ0v) is 18.5. The molecule has 0 atom stereocenters. The molecule has 0 saturated heterocycles. The summed E-state index contributed by atoms with van der Waals surface area (Å²) >= 11 is 0. The number of aromatic nitrogens is 2. The third-order valence-corrected chi connectivity index (χ3v) is 5.65. The predicted octanol–water partition coefficient (Wildman–Crippen LogP) is 4.90. The van der Waals surface area contributed by atoms with Crippen LogP contribution in [0.2, 0.25) is 0 Å². The Morgan fingerprint density at radius 3 is 2.03 bits per heavy atom. The standard InChI is InChI=1S/C25H24N4O2S/c1-32(30,31)28-25-13-5-12-23(20-8-3-2-4-9-20)24(25)14-17-29(21-10-6-15-26-18-21)22-11-7-16-27-19-22/h2-13,15-16,18-19,28H,14,17H2,1H3. The average molecular weight is 445 g/mol. The quantitative estimate of drug-likeness (QED) is 0.419. The Bertz CT molecular complexity index is 1230. The number of hydrogen-bond donors (Lipinski definition) is 1. The van der Waals surface area contributed by atoms with E-state index in [1.807, 2.05) is 79.1 Å². The van der Waals surface area contributed by atoms with E-state index < -0.39 is 10.0 Å². The maximum atomic E-state index is 12.0. The summed E-state index contributed by atoms with van der Waals surface area (Å²) in [5.74, 6) is 0. The van der Waals surface area contributed by atoms with Gasteiger partial charge >= 0.3 is 0 Å². The second kappa shape index (κ2) is 9.62. The first kappa shape index (κ1) is 21.5. The van der Waals surface area contributed by atoms with Crippen molar-refractivity contribution in [1.29, 1.82) is 0 Å². The Morgan fingerprint density at radius 1 is 0.812 bits per heavy atom. The minimum absolute atomic E-state index is 0.589. The van der Waals surface area contributed by atoms with Gasteiger partial charge in [0.25, 0.3) is 0 Å². The largest absolute Gasteiger partial charge is 0.339 e. The third kappa shape index (κ3) is 5.31. The molecule has 4 rings (SSSR count). The van der Waals surface area contributed by atoms with Crippen molar-refractivity contribution in [3.63, 3.8) is 0 Å². The van der Waals surface area contributed by atoms with Crippen molar-refractivity contribution >= 4 is 27.1 Å². The fourth-order valence-electron chi connectivity index (χ4n) is 3.70. The summed E-state index contributed by atoms with van der Waals surface area (Å²) < 4.78 is 26.8. The lowest BCUT2D eigenvalue weighted by molar-refractivity contribution is 0.606. The lowest BCUT2D eigenvalue weighted by Crippen LogP contribution is -2.21. The van der Waals surface area contributed by atoms with Crippen LogP contribution in [0.3, 0.4) is 0 Å². The molecule has 0 aliphatic carbocycles. The van der Waals surface area contributed by atoms with Gasteiger partial charge in [0.05, 0.1) is 35.7 Å². The summed E-state index contributed by atoms with van der Waals surface area (Å²) in [5.41, 5.74) is 5.43. The highest BCUT2D eigenvalue weighted by Gasteiger charge is 2.16. The minimum atomic E-state index is -3.43. The molecular formula is C25H24N4O2S. The van der Waals surface area contributed by atoms with E-state index in [1.165, 1.54) is 6.26 Å². The van der Waals surface area contributed by atoms with Crippen LogP contribution in [0.4, 0.5) is 17.1 Å². The van der Waals surface area contributed by atoms with Gasteiger partial charge in [-0.05, 0) is 53.4 Å². The van der Waals surface area contributed by atoms with Crippen LogP contribution in [-0.4, -0.2) is 31.2 Å². The Kier molecular flexibility index (Phi) is 6.47. The van der Waals surface area contributed by atoms with E-state index in [2.05, 4.69) is 19.6 Å². The highest BCUT2D eigenvalue weighted by atomic mass is 32.2. The molecule has 2 heterocycles. The summed E-state index contributed by atoms with van der Waals surface area (Å²) in [5, 5.41) is 0. The monoisotopic (exact) mass is 444 g/mol. The molecule has 0 aliphatic heterocycles. The van der Waals surface area contributed by atoms with E-state index >= 15 is 0 Å². The number of sulfonamides is 1. The van der Waals surface area contributed by atoms with Gasteiger partial charge in [-0.25, -0.2) is 8.42 Å². The summed E-state index contributed by atoms with van der Waals surface area (Å²) in [6, 6.07) is 23.5. The van der Waals surface area contributed by atoms with Crippen LogP contribution in [0, 0.1) is 0 Å². The van der Waals surface area contributed by atoms with E-state index in [-0.39, 0.29) is 0 Å². The Morgan fingerprint density at radius 2 is 1.47 bits per heavy atom. The second-order valence-electron chi connectivity index (χ2n) is 7.40. The lowest BCUT2D eigenvalue weighted by Gasteiger charge is -2.25. The molecule has 0 fully saturated rings. The van der Waals surface area contributed by atoms with Gasteiger partial charge in [0.2, 0.25) is 10.0 Å². The molecule has 6 nitrogen and oxygen atoms in total. The molecule has 7 heteroatoms. The highest BCUT2D eigenvalue weighted by Crippen LogP contribution is 2.32. The summed E-state index contributed by atoms with van der Waals surface area (Å²) in [6.45, 7) is 0.611. The molecule has 0 unspecified atom stereocenters. The van der Waals surface area contributed by atoms with Crippen LogP contribution in [0.25, 0.3) is 11.1 Å². The van der Waals surface area contributed by atoms with Crippen LogP contribution in [-0.2, 0) is 16.4 Å². The molecule has 0 radical (unpaired) electrons. The molecule has 162 valence electrons. The lowest BCUT2D eigenvalue weighted by atomic mass is 9.96. The highest BCUT2D eigenvalue weighted by molar-refractivity contribution is 7.92. The van der Waals surface area contributed by atoms with Crippen LogP contribution >= 0.6 is 0 Å². The van der Waals surface area contributed by atoms with Crippen LogP contribution < -0.4 is 9.62 Å². The molecular weight excluding hydrogens is 420 g/mol. The van der Waals surface area contributed by atoms with Gasteiger partial charge in [-0.1, -0.05) is 42.5 Å². The first-order chi connectivity index (χ1) is 15.5. The second-order valence-corrected chi connectivity index (χ2v) is 9.14. The summed E-state index contributed by atoms with van der Waals surface area (Å²) in [6.07, 6.45) is 8.88. The van der Waals surface area contributed by atoms with Crippen molar-refractivity contribution in [2.45, 2.75) is 6.42 Å². The van der Waals surface area contributed by atoms with Gasteiger partial charge in [-0.2, -0.15) is 0 Å². The van der Waals surface area contributed by atoms with Crippen LogP contribution in [0.5, 0.6) is 0 Å². The number of nitrogens with one attached hydrogen (secondary N) is 1. The maximum Gasteiger partial charge on any atom is 0.229 e. The summed E-state index contributed by atoms with van der Waals surface area (Å²) in [7, 11) is -3.43. The number of pyridine rings is 2. The number of benzene rings is 2. The van der Waals surface area contributed by atoms with Gasteiger partial charge in [0.15, 0.2) is 0 Å². The van der Waals surface area contributed by atoms with Crippen LogP contribution in [0.1, 0.15) is 5.56 Å². The van der Waals surface area contributed by atoms with Gasteiger partial charge in [0, 0.05) is 18.9 Å². The maximum absolute atomic E-state index is 12.0. The predicted molar refractivity (Wildman–Crippen MR) is 130 cm³/mol. The van der Waals surface area contributed by atoms with Crippen molar-refractivity contribution in [3.05, 3.63) is 103 Å². The molecule has 32 heavy (non-hydrogen) atoms. The van der Waals surface area contributed by atoms with E-state index in [9.17, 15) is 8.42 Å². The van der Waals surface area contributed by atoms with E-state index in [0.29, 0.717) is 18.7 Å². The fourth-order valence-corrected chi connectivity index (χ4v) is 4.29. The Labute approximate surface area is 188 Å². The van der Waals surface area contributed by atoms with Crippen molar-refractivity contribution in [2.75, 3.05) is 22.4 Å². The topological polar surface area (TPSA) is 75.2 Å². The number of rotatable bonds is 8. The summed E-state index contributed by atoms with van der Waals surface area (Å²) in [4.78, 5) is 10.7. The third-order valence-electron chi connectivity index (χ3n) is 5.06. The molecule has 0 amide bonds. The zero-order chi connectivity index (χ0) is 22.4. The molecule has 1 N–H and O–H groups in total. The molecule has 4 aromatic rings. The normalized spacial score (nSPS) is 11.2. The van der Waals surface area contributed by atoms with Gasteiger partial charge in [-0.3, -0.25) is 14.7 Å². The average Bonchev–Trinajstić information content (AvgIpc) is 2.81. The van der Waals surface area contributed by atoms with Crippen LogP contribution in [0.15, 0.2) is 97.6 Å². The van der Waals surface area contributed by atoms with Crippen molar-refractivity contribution in [1.82, 2.24) is 9.97 Å². The van der Waals surface area contributed by atoms with E-state index in [0.717, 1.165) is 28.1 Å². The number of hydrogen-bond acceptors (Lipinski definition) is 5. The molecule has 2 aromatic carbocycles. The molecule has 0 bridgehead atoms. The van der Waals surface area contributed by atoms with Crippen molar-refractivity contribution in [2.24, 2.45) is 0 Å². The first-order valence-electron chi connectivity index (χ1n) is 10.2. The molecule has 0 spiro atoms. The number of anilines is 3. The zero-order valence-electron chi connectivity index (χ0n) is 17.7. The number of nitrogens with zero attached hydrogens (tertiary/aromatic N) is 3. The van der Waals surface area contributed by atoms with Gasteiger partial charge in [0.1, 0.15) is 0 Å². The Hall–Kier alpha value is -3.71. The van der Waals surface area contributed by atoms with E-state index in [1.54, 1.807) is 18.5 Å². The van der Waals surface area contributed by atoms with Gasteiger partial charge in [-0.15, -0.1) is 0 Å².